The summed E-state index contributed by atoms with van der Waals surface area (Å²) in [6, 6.07) is -0.545. The molecule has 2 atom stereocenters. The highest BCUT2D eigenvalue weighted by atomic mass is 16.5. The molecule has 2 unspecified atom stereocenters. The Kier molecular flexibility index (Phi) is 59.4. The molecular weight excluding hydrogens is 863 g/mol. The molecule has 3 N–H and O–H groups in total. The SMILES string of the molecule is CCCCCCCCCCCCCCCCCCCCCCCCCCCC(O)C(CO)NC(=O)CCCCCCCCCCCCCCCCCCCOC(=O)CCCCCCCCCCCCC. The van der Waals surface area contributed by atoms with Gasteiger partial charge in [-0.1, -0.05) is 335 Å². The van der Waals surface area contributed by atoms with Crippen LogP contribution in [0.3, 0.4) is 0 Å². The van der Waals surface area contributed by atoms with Gasteiger partial charge in [0.05, 0.1) is 25.4 Å². The summed E-state index contributed by atoms with van der Waals surface area (Å²) in [5.41, 5.74) is 0. The molecular formula is C64H127NO5. The van der Waals surface area contributed by atoms with Crippen LogP contribution in [0.25, 0.3) is 0 Å². The molecule has 6 heteroatoms. The van der Waals surface area contributed by atoms with E-state index in [0.29, 0.717) is 25.9 Å². The van der Waals surface area contributed by atoms with Gasteiger partial charge in [0.25, 0.3) is 0 Å². The number of ether oxygens (including phenoxy) is 1. The van der Waals surface area contributed by atoms with Gasteiger partial charge in [-0.05, 0) is 25.7 Å². The van der Waals surface area contributed by atoms with Crippen molar-refractivity contribution >= 4 is 11.9 Å². The molecule has 0 spiro atoms. The Morgan fingerprint density at radius 2 is 0.586 bits per heavy atom. The van der Waals surface area contributed by atoms with E-state index >= 15 is 0 Å². The van der Waals surface area contributed by atoms with E-state index in [4.69, 9.17) is 4.74 Å². The predicted octanol–water partition coefficient (Wildman–Crippen LogP) is 20.3. The summed E-state index contributed by atoms with van der Waals surface area (Å²) < 4.78 is 5.47. The van der Waals surface area contributed by atoms with Crippen molar-refractivity contribution in [3.8, 4) is 0 Å². The number of aliphatic hydroxyl groups is 2. The summed E-state index contributed by atoms with van der Waals surface area (Å²) >= 11 is 0. The molecule has 0 aliphatic carbocycles. The molecule has 0 aliphatic rings. The summed E-state index contributed by atoms with van der Waals surface area (Å²) in [4.78, 5) is 24.5. The third-order valence-corrected chi connectivity index (χ3v) is 15.4. The number of amides is 1. The minimum absolute atomic E-state index is 0.00660. The van der Waals surface area contributed by atoms with Crippen LogP contribution < -0.4 is 5.32 Å². The van der Waals surface area contributed by atoms with Gasteiger partial charge in [0.2, 0.25) is 5.91 Å². The van der Waals surface area contributed by atoms with Crippen molar-refractivity contribution in [1.29, 1.82) is 0 Å². The first-order chi connectivity index (χ1) is 34.5. The van der Waals surface area contributed by atoms with E-state index in [1.165, 1.54) is 302 Å². The summed E-state index contributed by atoms with van der Waals surface area (Å²) in [6.07, 6.45) is 71.2. The van der Waals surface area contributed by atoms with Crippen LogP contribution in [-0.4, -0.2) is 47.4 Å². The van der Waals surface area contributed by atoms with E-state index in [-0.39, 0.29) is 18.5 Å². The summed E-state index contributed by atoms with van der Waals surface area (Å²) in [7, 11) is 0. The molecule has 0 radical (unpaired) electrons. The summed E-state index contributed by atoms with van der Waals surface area (Å²) in [5, 5.41) is 23.4. The number of rotatable bonds is 61. The van der Waals surface area contributed by atoms with Crippen LogP contribution in [-0.2, 0) is 14.3 Å². The molecule has 0 aliphatic heterocycles. The van der Waals surface area contributed by atoms with E-state index in [9.17, 15) is 19.8 Å². The van der Waals surface area contributed by atoms with Crippen LogP contribution >= 0.6 is 0 Å². The van der Waals surface area contributed by atoms with Gasteiger partial charge >= 0.3 is 5.97 Å². The third kappa shape index (κ3) is 56.2. The second kappa shape index (κ2) is 60.4. The highest BCUT2D eigenvalue weighted by Gasteiger charge is 2.20. The maximum atomic E-state index is 12.5. The van der Waals surface area contributed by atoms with Crippen molar-refractivity contribution in [2.45, 2.75) is 386 Å². The minimum atomic E-state index is -0.668. The van der Waals surface area contributed by atoms with Crippen LogP contribution in [0.5, 0.6) is 0 Å². The van der Waals surface area contributed by atoms with Gasteiger partial charge in [0, 0.05) is 12.8 Å². The second-order valence-electron chi connectivity index (χ2n) is 22.5. The van der Waals surface area contributed by atoms with Gasteiger partial charge < -0.3 is 20.3 Å². The van der Waals surface area contributed by atoms with Gasteiger partial charge in [-0.3, -0.25) is 9.59 Å². The van der Waals surface area contributed by atoms with Crippen LogP contribution in [0.15, 0.2) is 0 Å². The Morgan fingerprint density at radius 3 is 0.871 bits per heavy atom. The molecule has 0 saturated carbocycles. The van der Waals surface area contributed by atoms with Crippen LogP contribution in [0.2, 0.25) is 0 Å². The van der Waals surface area contributed by atoms with E-state index < -0.39 is 12.1 Å². The average Bonchev–Trinajstić information content (AvgIpc) is 3.36. The molecule has 0 saturated heterocycles. The normalized spacial score (nSPS) is 12.5. The standard InChI is InChI=1S/C64H127NO5/c1-3-5-7-9-11-13-15-16-17-18-19-20-21-22-23-24-25-27-30-33-37-40-44-48-52-56-62(67)61(60-66)65-63(68)57-53-49-45-41-38-34-31-28-26-29-32-35-39-43-47-51-55-59-70-64(69)58-54-50-46-42-36-14-12-10-8-6-4-2/h61-62,66-67H,3-60H2,1-2H3,(H,65,68). The van der Waals surface area contributed by atoms with Gasteiger partial charge in [0.15, 0.2) is 0 Å². The zero-order valence-corrected chi connectivity index (χ0v) is 47.8. The first-order valence-electron chi connectivity index (χ1n) is 32.3. The Labute approximate surface area is 438 Å². The molecule has 1 amide bonds. The van der Waals surface area contributed by atoms with Crippen LogP contribution in [0, 0.1) is 0 Å². The fourth-order valence-corrected chi connectivity index (χ4v) is 10.5. The molecule has 0 heterocycles. The number of nitrogens with one attached hydrogen (secondary N) is 1. The lowest BCUT2D eigenvalue weighted by Gasteiger charge is -2.22. The molecule has 70 heavy (non-hydrogen) atoms. The molecule has 0 fully saturated rings. The van der Waals surface area contributed by atoms with Crippen LogP contribution in [0.4, 0.5) is 0 Å². The molecule has 0 aromatic heterocycles. The largest absolute Gasteiger partial charge is 0.466 e. The molecule has 0 aromatic carbocycles. The van der Waals surface area contributed by atoms with Crippen molar-refractivity contribution < 1.29 is 24.5 Å². The monoisotopic (exact) mass is 990 g/mol. The fraction of sp³-hybridized carbons (Fsp3) is 0.969. The number of hydrogen-bond donors (Lipinski definition) is 3. The zero-order chi connectivity index (χ0) is 50.7. The smallest absolute Gasteiger partial charge is 0.305 e. The molecule has 0 aromatic rings. The number of unbranched alkanes of at least 4 members (excludes halogenated alkanes) is 50. The number of esters is 1. The molecule has 0 rings (SSSR count). The Bertz CT molecular complexity index is 1010. The average molecular weight is 991 g/mol. The van der Waals surface area contributed by atoms with Crippen molar-refractivity contribution in [1.82, 2.24) is 5.32 Å². The van der Waals surface area contributed by atoms with Gasteiger partial charge in [0.1, 0.15) is 0 Å². The van der Waals surface area contributed by atoms with E-state index in [0.717, 1.165) is 38.5 Å². The molecule has 0 bridgehead atoms. The number of carbonyl (C=O) groups is 2. The van der Waals surface area contributed by atoms with Gasteiger partial charge in [-0.15, -0.1) is 0 Å². The lowest BCUT2D eigenvalue weighted by atomic mass is 10.0. The fourth-order valence-electron chi connectivity index (χ4n) is 10.5. The Balaban J connectivity index is 3.40. The topological polar surface area (TPSA) is 95.9 Å². The Hall–Kier alpha value is -1.14. The first kappa shape index (κ1) is 68.9. The van der Waals surface area contributed by atoms with E-state index in [1.54, 1.807) is 0 Å². The van der Waals surface area contributed by atoms with Crippen LogP contribution in [0.1, 0.15) is 373 Å². The highest BCUT2D eigenvalue weighted by Crippen LogP contribution is 2.19. The highest BCUT2D eigenvalue weighted by molar-refractivity contribution is 5.76. The third-order valence-electron chi connectivity index (χ3n) is 15.4. The van der Waals surface area contributed by atoms with Gasteiger partial charge in [-0.2, -0.15) is 0 Å². The van der Waals surface area contributed by atoms with Crippen molar-refractivity contribution in [3.05, 3.63) is 0 Å². The zero-order valence-electron chi connectivity index (χ0n) is 47.8. The second-order valence-corrected chi connectivity index (χ2v) is 22.5. The predicted molar refractivity (Wildman–Crippen MR) is 306 cm³/mol. The maximum absolute atomic E-state index is 12.5. The minimum Gasteiger partial charge on any atom is -0.466 e. The van der Waals surface area contributed by atoms with E-state index in [1.807, 2.05) is 0 Å². The maximum Gasteiger partial charge on any atom is 0.305 e. The quantitative estimate of drug-likeness (QED) is 0.0417. The Morgan fingerprint density at radius 1 is 0.343 bits per heavy atom. The lowest BCUT2D eigenvalue weighted by molar-refractivity contribution is -0.143. The van der Waals surface area contributed by atoms with E-state index in [2.05, 4.69) is 19.2 Å². The van der Waals surface area contributed by atoms with Crippen molar-refractivity contribution in [2.24, 2.45) is 0 Å². The van der Waals surface area contributed by atoms with Gasteiger partial charge in [-0.25, -0.2) is 0 Å². The summed E-state index contributed by atoms with van der Waals surface area (Å²) in [6.45, 7) is 4.98. The lowest BCUT2D eigenvalue weighted by Crippen LogP contribution is -2.45. The van der Waals surface area contributed by atoms with Crippen molar-refractivity contribution in [2.75, 3.05) is 13.2 Å². The van der Waals surface area contributed by atoms with Crippen molar-refractivity contribution in [3.63, 3.8) is 0 Å². The molecule has 418 valence electrons. The first-order valence-corrected chi connectivity index (χ1v) is 32.3. The number of aliphatic hydroxyl groups excluding tert-OH is 2. The summed E-state index contributed by atoms with van der Waals surface area (Å²) in [5.74, 6) is -0.0283. The number of hydrogen-bond acceptors (Lipinski definition) is 5. The molecule has 6 nitrogen and oxygen atoms in total. The number of carbonyl (C=O) groups excluding carboxylic acids is 2.